The number of carbonyl (C=O) groups excluding carboxylic acids is 1. The average molecular weight is 297 g/mol. The van der Waals surface area contributed by atoms with Gasteiger partial charge in [-0.05, 0) is 18.6 Å². The predicted octanol–water partition coefficient (Wildman–Crippen LogP) is 1.61. The van der Waals surface area contributed by atoms with Crippen LogP contribution in [-0.4, -0.2) is 45.5 Å². The number of nitrogens with one attached hydrogen (secondary N) is 1. The first-order chi connectivity index (χ1) is 10.8. The molecule has 1 N–H and O–H groups in total. The van der Waals surface area contributed by atoms with Crippen LogP contribution in [-0.2, 0) is 6.42 Å². The van der Waals surface area contributed by atoms with Gasteiger partial charge in [0.2, 0.25) is 0 Å². The third-order valence-electron chi connectivity index (χ3n) is 3.86. The van der Waals surface area contributed by atoms with E-state index in [1.165, 1.54) is 0 Å². The molecule has 22 heavy (non-hydrogen) atoms. The number of nitrogens with zero attached hydrogens (tertiary/aromatic N) is 4. The number of likely N-dealkylation sites (tertiary alicyclic amines) is 1. The molecule has 0 bridgehead atoms. The van der Waals surface area contributed by atoms with Crippen LogP contribution in [0, 0.1) is 0 Å². The Kier molecular flexibility index (Phi) is 4.58. The topological polar surface area (TPSA) is 71.0 Å². The van der Waals surface area contributed by atoms with Crippen molar-refractivity contribution in [3.63, 3.8) is 0 Å². The van der Waals surface area contributed by atoms with Crippen molar-refractivity contribution in [3.05, 3.63) is 54.4 Å². The molecule has 2 aromatic heterocycles. The molecule has 3 rings (SSSR count). The minimum atomic E-state index is -0.0117. The molecule has 0 saturated carbocycles. The lowest BCUT2D eigenvalue weighted by molar-refractivity contribution is 0.208. The Balaban J connectivity index is 1.46. The number of aromatic nitrogens is 3. The van der Waals surface area contributed by atoms with Gasteiger partial charge in [-0.15, -0.1) is 0 Å². The molecule has 6 heteroatoms. The first-order valence-corrected chi connectivity index (χ1v) is 7.51. The molecule has 1 aliphatic rings. The lowest BCUT2D eigenvalue weighted by atomic mass is 10.1. The van der Waals surface area contributed by atoms with Gasteiger partial charge in [-0.1, -0.05) is 6.07 Å². The van der Waals surface area contributed by atoms with Crippen LogP contribution in [0.15, 0.2) is 43.0 Å². The predicted molar refractivity (Wildman–Crippen MR) is 82.3 cm³/mol. The molecule has 1 atom stereocenters. The highest BCUT2D eigenvalue weighted by Gasteiger charge is 2.27. The third-order valence-corrected chi connectivity index (χ3v) is 3.86. The largest absolute Gasteiger partial charge is 0.338 e. The van der Waals surface area contributed by atoms with Gasteiger partial charge in [0.15, 0.2) is 0 Å². The van der Waals surface area contributed by atoms with Gasteiger partial charge >= 0.3 is 6.03 Å². The zero-order chi connectivity index (χ0) is 15.2. The van der Waals surface area contributed by atoms with Crippen LogP contribution in [0.3, 0.4) is 0 Å². The van der Waals surface area contributed by atoms with Gasteiger partial charge in [0.25, 0.3) is 0 Å². The van der Waals surface area contributed by atoms with E-state index < -0.39 is 0 Å². The summed E-state index contributed by atoms with van der Waals surface area (Å²) in [6.07, 6.45) is 8.60. The fraction of sp³-hybridized carbons (Fsp3) is 0.375. The maximum atomic E-state index is 12.2. The highest BCUT2D eigenvalue weighted by atomic mass is 16.2. The van der Waals surface area contributed by atoms with Gasteiger partial charge in [-0.3, -0.25) is 15.0 Å². The first kappa shape index (κ1) is 14.4. The molecule has 1 aliphatic heterocycles. The minimum Gasteiger partial charge on any atom is -0.338 e. The van der Waals surface area contributed by atoms with E-state index in [1.807, 2.05) is 23.1 Å². The van der Waals surface area contributed by atoms with E-state index in [0.29, 0.717) is 13.1 Å². The molecule has 6 nitrogen and oxygen atoms in total. The number of carbonyl (C=O) groups is 1. The van der Waals surface area contributed by atoms with Crippen LogP contribution in [0.4, 0.5) is 4.79 Å². The monoisotopic (exact) mass is 297 g/mol. The van der Waals surface area contributed by atoms with Gasteiger partial charge in [0.1, 0.15) is 0 Å². The second-order valence-corrected chi connectivity index (χ2v) is 5.36. The van der Waals surface area contributed by atoms with Crippen LogP contribution in [0.1, 0.15) is 23.7 Å². The quantitative estimate of drug-likeness (QED) is 0.931. The van der Waals surface area contributed by atoms with E-state index in [4.69, 9.17) is 0 Å². The van der Waals surface area contributed by atoms with Gasteiger partial charge < -0.3 is 10.2 Å². The Morgan fingerprint density at radius 2 is 2.23 bits per heavy atom. The van der Waals surface area contributed by atoms with Gasteiger partial charge in [-0.25, -0.2) is 4.79 Å². The van der Waals surface area contributed by atoms with Crippen LogP contribution < -0.4 is 5.32 Å². The molecule has 2 aromatic rings. The van der Waals surface area contributed by atoms with Gasteiger partial charge in [0, 0.05) is 62.5 Å². The Morgan fingerprint density at radius 1 is 1.27 bits per heavy atom. The summed E-state index contributed by atoms with van der Waals surface area (Å²) in [6, 6.07) is 5.79. The zero-order valence-corrected chi connectivity index (χ0v) is 12.4. The Morgan fingerprint density at radius 3 is 3.00 bits per heavy atom. The van der Waals surface area contributed by atoms with Crippen molar-refractivity contribution in [1.29, 1.82) is 0 Å². The van der Waals surface area contributed by atoms with Crippen LogP contribution >= 0.6 is 0 Å². The summed E-state index contributed by atoms with van der Waals surface area (Å²) in [6.45, 7) is 2.06. The highest BCUT2D eigenvalue weighted by Crippen LogP contribution is 2.24. The lowest BCUT2D eigenvalue weighted by Crippen LogP contribution is -2.39. The molecule has 114 valence electrons. The third kappa shape index (κ3) is 3.58. The number of hydrogen-bond acceptors (Lipinski definition) is 4. The highest BCUT2D eigenvalue weighted by molar-refractivity contribution is 5.74. The normalized spacial score (nSPS) is 17.5. The summed E-state index contributed by atoms with van der Waals surface area (Å²) in [7, 11) is 0. The van der Waals surface area contributed by atoms with E-state index in [2.05, 4.69) is 20.3 Å². The Hall–Kier alpha value is -2.50. The summed E-state index contributed by atoms with van der Waals surface area (Å²) >= 11 is 0. The number of amides is 2. The van der Waals surface area contributed by atoms with Crippen molar-refractivity contribution in [2.45, 2.75) is 18.8 Å². The van der Waals surface area contributed by atoms with Crippen molar-refractivity contribution in [2.24, 2.45) is 0 Å². The molecule has 2 amide bonds. The number of urea groups is 1. The SMILES string of the molecule is O=C(NCCc1ccccn1)N1CCC(c2cnccn2)C1. The van der Waals surface area contributed by atoms with E-state index >= 15 is 0 Å². The Bertz CT molecular complexity index is 604. The molecule has 1 unspecified atom stereocenters. The van der Waals surface area contributed by atoms with E-state index in [9.17, 15) is 4.79 Å². The fourth-order valence-electron chi connectivity index (χ4n) is 2.66. The fourth-order valence-corrected chi connectivity index (χ4v) is 2.66. The summed E-state index contributed by atoms with van der Waals surface area (Å²) in [5.41, 5.74) is 1.95. The number of pyridine rings is 1. The van der Waals surface area contributed by atoms with E-state index in [1.54, 1.807) is 24.8 Å². The Labute approximate surface area is 129 Å². The molecule has 3 heterocycles. The number of rotatable bonds is 4. The molecule has 0 spiro atoms. The van der Waals surface area contributed by atoms with Gasteiger partial charge in [-0.2, -0.15) is 0 Å². The molecule has 0 aromatic carbocycles. The maximum absolute atomic E-state index is 12.2. The summed E-state index contributed by atoms with van der Waals surface area (Å²) in [5, 5.41) is 2.96. The first-order valence-electron chi connectivity index (χ1n) is 7.51. The minimum absolute atomic E-state index is 0.0117. The summed E-state index contributed by atoms with van der Waals surface area (Å²) < 4.78 is 0. The molecular weight excluding hydrogens is 278 g/mol. The van der Waals surface area contributed by atoms with Crippen molar-refractivity contribution in [1.82, 2.24) is 25.2 Å². The molecule has 1 saturated heterocycles. The molecular formula is C16H19N5O. The van der Waals surface area contributed by atoms with Crippen LogP contribution in [0.2, 0.25) is 0 Å². The van der Waals surface area contributed by atoms with Crippen molar-refractivity contribution < 1.29 is 4.79 Å². The summed E-state index contributed by atoms with van der Waals surface area (Å²) in [5.74, 6) is 0.287. The van der Waals surface area contributed by atoms with Crippen LogP contribution in [0.25, 0.3) is 0 Å². The maximum Gasteiger partial charge on any atom is 0.317 e. The molecule has 1 fully saturated rings. The molecule has 0 aliphatic carbocycles. The second kappa shape index (κ2) is 6.98. The zero-order valence-electron chi connectivity index (χ0n) is 12.4. The smallest absolute Gasteiger partial charge is 0.317 e. The van der Waals surface area contributed by atoms with E-state index in [0.717, 1.165) is 30.8 Å². The van der Waals surface area contributed by atoms with Crippen molar-refractivity contribution >= 4 is 6.03 Å². The van der Waals surface area contributed by atoms with Crippen molar-refractivity contribution in [2.75, 3.05) is 19.6 Å². The lowest BCUT2D eigenvalue weighted by Gasteiger charge is -2.17. The van der Waals surface area contributed by atoms with Crippen LogP contribution in [0.5, 0.6) is 0 Å². The number of hydrogen-bond donors (Lipinski definition) is 1. The van der Waals surface area contributed by atoms with Crippen molar-refractivity contribution in [3.8, 4) is 0 Å². The standard InChI is InChI=1S/C16H19N5O/c22-16(20-7-4-14-3-1-2-6-18-14)21-10-5-13(12-21)15-11-17-8-9-19-15/h1-3,6,8-9,11,13H,4-5,7,10,12H2,(H,20,22). The second-order valence-electron chi connectivity index (χ2n) is 5.36. The summed E-state index contributed by atoms with van der Waals surface area (Å²) in [4.78, 5) is 26.7. The molecule has 0 radical (unpaired) electrons. The average Bonchev–Trinajstić information content (AvgIpc) is 3.07. The van der Waals surface area contributed by atoms with Gasteiger partial charge in [0.05, 0.1) is 5.69 Å². The van der Waals surface area contributed by atoms with E-state index in [-0.39, 0.29) is 11.9 Å².